The van der Waals surface area contributed by atoms with Gasteiger partial charge in [0.15, 0.2) is 0 Å². The molecule has 2 aliphatic carbocycles. The molecule has 0 unspecified atom stereocenters. The van der Waals surface area contributed by atoms with Crippen molar-refractivity contribution >= 4 is 39.0 Å². The van der Waals surface area contributed by atoms with Gasteiger partial charge >= 0.3 is 0 Å². The molecule has 1 saturated heterocycles. The zero-order chi connectivity index (χ0) is 21.6. The number of aryl methyl sites for hydroxylation is 2. The van der Waals surface area contributed by atoms with Crippen molar-refractivity contribution in [2.45, 2.75) is 90.0 Å². The van der Waals surface area contributed by atoms with Crippen LogP contribution in [0.2, 0.25) is 5.28 Å². The summed E-state index contributed by atoms with van der Waals surface area (Å²) in [5, 5.41) is 8.13. The van der Waals surface area contributed by atoms with Gasteiger partial charge in [0.25, 0.3) is 5.92 Å². The molecule has 2 aromatic rings. The molecule has 1 aliphatic heterocycles. The lowest BCUT2D eigenvalue weighted by atomic mass is 9.95. The van der Waals surface area contributed by atoms with Crippen molar-refractivity contribution in [3.8, 4) is 0 Å². The van der Waals surface area contributed by atoms with Gasteiger partial charge in [-0.05, 0) is 49.3 Å². The predicted octanol–water partition coefficient (Wildman–Crippen LogP) is 6.61. The number of rotatable bonds is 2. The van der Waals surface area contributed by atoms with Crippen molar-refractivity contribution in [2.75, 3.05) is 18.4 Å². The zero-order valence-electron chi connectivity index (χ0n) is 18.0. The molecule has 0 amide bonds. The number of nitrogens with one attached hydrogen (secondary N) is 2. The van der Waals surface area contributed by atoms with Gasteiger partial charge in [0.05, 0.1) is 5.39 Å². The molecule has 3 heterocycles. The summed E-state index contributed by atoms with van der Waals surface area (Å²) in [6.45, 7) is 4.93. The summed E-state index contributed by atoms with van der Waals surface area (Å²) >= 11 is 7.91. The number of anilines is 1. The topological polar surface area (TPSA) is 49.8 Å². The van der Waals surface area contributed by atoms with Crippen molar-refractivity contribution < 1.29 is 8.78 Å². The van der Waals surface area contributed by atoms with Gasteiger partial charge in [0.2, 0.25) is 5.28 Å². The molecule has 0 aromatic carbocycles. The van der Waals surface area contributed by atoms with E-state index in [4.69, 9.17) is 11.6 Å². The van der Waals surface area contributed by atoms with Gasteiger partial charge in [0, 0.05) is 36.9 Å². The normalized spacial score (nSPS) is 20.6. The molecule has 0 atom stereocenters. The lowest BCUT2D eigenvalue weighted by molar-refractivity contribution is -0.0274. The van der Waals surface area contributed by atoms with Gasteiger partial charge < -0.3 is 10.6 Å². The lowest BCUT2D eigenvalue weighted by Gasteiger charge is -2.23. The third kappa shape index (κ3) is 6.01. The number of halogens is 3. The van der Waals surface area contributed by atoms with Crippen LogP contribution < -0.4 is 10.6 Å². The number of hydrogen-bond donors (Lipinski definition) is 2. The summed E-state index contributed by atoms with van der Waals surface area (Å²) in [5.41, 5.74) is 1.47. The summed E-state index contributed by atoms with van der Waals surface area (Å²) in [7, 11) is 0. The molecule has 0 bridgehead atoms. The van der Waals surface area contributed by atoms with E-state index in [1.165, 1.54) is 67.2 Å². The predicted molar refractivity (Wildman–Crippen MR) is 123 cm³/mol. The molecule has 8 heteroatoms. The number of alkyl halides is 2. The highest BCUT2D eigenvalue weighted by Crippen LogP contribution is 2.40. The number of aromatic nitrogens is 2. The second-order valence-corrected chi connectivity index (χ2v) is 9.39. The molecule has 168 valence electrons. The largest absolute Gasteiger partial charge is 0.367 e. The molecular weight excluding hydrogens is 426 g/mol. The average molecular weight is 459 g/mol. The number of hydrogen-bond acceptors (Lipinski definition) is 5. The smallest absolute Gasteiger partial charge is 0.250 e. The summed E-state index contributed by atoms with van der Waals surface area (Å²) < 4.78 is 24.3. The second kappa shape index (κ2) is 11.0. The lowest BCUT2D eigenvalue weighted by Crippen LogP contribution is -2.35. The van der Waals surface area contributed by atoms with E-state index in [9.17, 15) is 8.78 Å². The number of fused-ring (bicyclic) bond motifs is 3. The Hall–Kier alpha value is -1.05. The summed E-state index contributed by atoms with van der Waals surface area (Å²) in [5.74, 6) is -1.41. The maximum atomic E-state index is 12.2. The van der Waals surface area contributed by atoms with Gasteiger partial charge in [-0.3, -0.25) is 0 Å². The fourth-order valence-corrected chi connectivity index (χ4v) is 5.79. The van der Waals surface area contributed by atoms with Crippen LogP contribution in [0.25, 0.3) is 10.2 Å². The molecule has 2 fully saturated rings. The average Bonchev–Trinajstić information content (AvgIpc) is 3.31. The molecular formula is C22H33ClF2N4S. The molecule has 1 saturated carbocycles. The molecule has 2 N–H and O–H groups in total. The maximum absolute atomic E-state index is 12.2. The summed E-state index contributed by atoms with van der Waals surface area (Å²) in [4.78, 5) is 11.5. The Bertz CT molecular complexity index is 813. The van der Waals surface area contributed by atoms with Crippen LogP contribution in [-0.2, 0) is 12.8 Å². The van der Waals surface area contributed by atoms with Gasteiger partial charge in [-0.15, -0.1) is 11.3 Å². The molecule has 30 heavy (non-hydrogen) atoms. The van der Waals surface area contributed by atoms with Crippen molar-refractivity contribution in [3.63, 3.8) is 0 Å². The first-order chi connectivity index (χ1) is 14.5. The van der Waals surface area contributed by atoms with Gasteiger partial charge in [-0.1, -0.05) is 33.1 Å². The highest BCUT2D eigenvalue weighted by Gasteiger charge is 2.30. The minimum Gasteiger partial charge on any atom is -0.367 e. The Morgan fingerprint density at radius 3 is 2.37 bits per heavy atom. The molecule has 3 aliphatic rings. The first-order valence-electron chi connectivity index (χ1n) is 11.3. The van der Waals surface area contributed by atoms with E-state index >= 15 is 0 Å². The van der Waals surface area contributed by atoms with Crippen LogP contribution >= 0.6 is 22.9 Å². The van der Waals surface area contributed by atoms with E-state index in [0.29, 0.717) is 24.4 Å². The Labute approximate surface area is 187 Å². The Morgan fingerprint density at radius 2 is 1.73 bits per heavy atom. The summed E-state index contributed by atoms with van der Waals surface area (Å²) in [6.07, 6.45) is 10.1. The number of piperidine rings is 1. The van der Waals surface area contributed by atoms with E-state index < -0.39 is 5.92 Å². The second-order valence-electron chi connectivity index (χ2n) is 7.96. The first kappa shape index (κ1) is 23.6. The van der Waals surface area contributed by atoms with E-state index in [-0.39, 0.29) is 12.8 Å². The molecule has 5 rings (SSSR count). The van der Waals surface area contributed by atoms with E-state index in [1.54, 1.807) is 11.3 Å². The summed E-state index contributed by atoms with van der Waals surface area (Å²) in [6, 6.07) is 0.551. The molecule has 2 aromatic heterocycles. The molecule has 0 radical (unpaired) electrons. The van der Waals surface area contributed by atoms with E-state index in [0.717, 1.165) is 10.6 Å². The SMILES string of the molecule is CC.Clc1nc(NC2CCCCC2)c2c3c(sc2n1)CCC3.FC1(F)CCNCC1. The van der Waals surface area contributed by atoms with Crippen molar-refractivity contribution in [1.29, 1.82) is 0 Å². The van der Waals surface area contributed by atoms with Crippen molar-refractivity contribution in [2.24, 2.45) is 0 Å². The van der Waals surface area contributed by atoms with Gasteiger partial charge in [0.1, 0.15) is 10.6 Å². The molecule has 0 spiro atoms. The van der Waals surface area contributed by atoms with Crippen LogP contribution in [0.4, 0.5) is 14.6 Å². The zero-order valence-corrected chi connectivity index (χ0v) is 19.6. The molecule has 4 nitrogen and oxygen atoms in total. The van der Waals surface area contributed by atoms with Crippen LogP contribution in [0.1, 0.15) is 75.7 Å². The minimum atomic E-state index is -2.38. The van der Waals surface area contributed by atoms with Gasteiger partial charge in [-0.2, -0.15) is 0 Å². The highest BCUT2D eigenvalue weighted by molar-refractivity contribution is 7.19. The minimum absolute atomic E-state index is 0.00694. The standard InChI is InChI=1S/C15H18ClN3S.C5H9F2N.C2H6/c16-15-18-13(17-9-5-2-1-3-6-9)12-10-7-4-8-11(10)20-14(12)19-15;6-5(7)1-3-8-4-2-5;1-2/h9H,1-8H2,(H,17,18,19);8H,1-4H2;1-2H3. The van der Waals surface area contributed by atoms with Crippen molar-refractivity contribution in [3.05, 3.63) is 15.7 Å². The monoisotopic (exact) mass is 458 g/mol. The Morgan fingerprint density at radius 1 is 1.03 bits per heavy atom. The van der Waals surface area contributed by atoms with Crippen LogP contribution in [0, 0.1) is 0 Å². The maximum Gasteiger partial charge on any atom is 0.250 e. The van der Waals surface area contributed by atoms with Crippen molar-refractivity contribution in [1.82, 2.24) is 15.3 Å². The number of thiophene rings is 1. The van der Waals surface area contributed by atoms with Crippen LogP contribution in [-0.4, -0.2) is 35.0 Å². The fourth-order valence-electron chi connectivity index (χ4n) is 4.31. The van der Waals surface area contributed by atoms with E-state index in [1.807, 2.05) is 13.8 Å². The Kier molecular flexibility index (Phi) is 8.66. The van der Waals surface area contributed by atoms with Gasteiger partial charge in [-0.25, -0.2) is 18.7 Å². The third-order valence-corrected chi connectivity index (χ3v) is 7.17. The quantitative estimate of drug-likeness (QED) is 0.497. The third-order valence-electron chi connectivity index (χ3n) is 5.82. The fraction of sp³-hybridized carbons (Fsp3) is 0.727. The number of nitrogens with zero attached hydrogens (tertiary/aromatic N) is 2. The van der Waals surface area contributed by atoms with Crippen LogP contribution in [0.15, 0.2) is 0 Å². The van der Waals surface area contributed by atoms with E-state index in [2.05, 4.69) is 20.6 Å². The first-order valence-corrected chi connectivity index (χ1v) is 12.5. The Balaban J connectivity index is 0.000000216. The highest BCUT2D eigenvalue weighted by atomic mass is 35.5. The van der Waals surface area contributed by atoms with Crippen LogP contribution in [0.5, 0.6) is 0 Å². The van der Waals surface area contributed by atoms with Crippen LogP contribution in [0.3, 0.4) is 0 Å².